The van der Waals surface area contributed by atoms with Gasteiger partial charge < -0.3 is 14.4 Å². The lowest BCUT2D eigenvalue weighted by molar-refractivity contribution is -0.139. The molecule has 0 amide bonds. The van der Waals surface area contributed by atoms with Crippen molar-refractivity contribution in [2.75, 3.05) is 6.35 Å². The van der Waals surface area contributed by atoms with Crippen molar-refractivity contribution in [1.29, 1.82) is 0 Å². The highest BCUT2D eigenvalue weighted by atomic mass is 31.1. The van der Waals surface area contributed by atoms with Gasteiger partial charge in [-0.25, -0.2) is 4.79 Å². The Morgan fingerprint density at radius 2 is 2.41 bits per heavy atom. The molecule has 2 heterocycles. The molecule has 1 aliphatic heterocycles. The zero-order valence-electron chi connectivity index (χ0n) is 8.96. The Kier molecular flexibility index (Phi) is 4.06. The van der Waals surface area contributed by atoms with Gasteiger partial charge in [-0.05, 0) is 6.42 Å². The first-order chi connectivity index (χ1) is 8.20. The number of hydrogen-bond acceptors (Lipinski definition) is 5. The maximum Gasteiger partial charge on any atom is 0.330 e. The van der Waals surface area contributed by atoms with E-state index in [0.29, 0.717) is 12.8 Å². The average Bonchev–Trinajstić information content (AvgIpc) is 2.75. The summed E-state index contributed by atoms with van der Waals surface area (Å²) in [5, 5.41) is 0. The third kappa shape index (κ3) is 3.01. The van der Waals surface area contributed by atoms with Crippen LogP contribution in [-0.4, -0.2) is 27.1 Å². The van der Waals surface area contributed by atoms with E-state index in [1.54, 1.807) is 0 Å². The molecule has 0 aliphatic carbocycles. The summed E-state index contributed by atoms with van der Waals surface area (Å²) in [7, 11) is -0.279. The fourth-order valence-electron chi connectivity index (χ4n) is 1.70. The number of ether oxygens (including phenoxy) is 2. The van der Waals surface area contributed by atoms with Gasteiger partial charge in [0.1, 0.15) is 6.23 Å². The second-order valence-electron chi connectivity index (χ2n) is 3.58. The van der Waals surface area contributed by atoms with Crippen LogP contribution in [0, 0.1) is 0 Å². The Labute approximate surface area is 98.2 Å². The molecule has 1 aromatic heterocycles. The monoisotopic (exact) mass is 260 g/mol. The highest BCUT2D eigenvalue weighted by molar-refractivity contribution is 7.30. The molecule has 2 N–H and O–H groups in total. The zero-order chi connectivity index (χ0) is 12.3. The van der Waals surface area contributed by atoms with Gasteiger partial charge in [0.25, 0.3) is 5.56 Å². The molecule has 1 aromatic rings. The molecule has 0 aromatic carbocycles. The van der Waals surface area contributed by atoms with E-state index in [4.69, 9.17) is 14.4 Å². The normalized spacial score (nSPS) is 24.8. The highest BCUT2D eigenvalue weighted by Crippen LogP contribution is 2.28. The van der Waals surface area contributed by atoms with Gasteiger partial charge in [0.2, 0.25) is 0 Å². The number of aromatic nitrogens is 2. The Balaban J connectivity index is 2.05. The fraction of sp³-hybridized carbons (Fsp3) is 0.556. The summed E-state index contributed by atoms with van der Waals surface area (Å²) in [5.74, 6) is 0. The maximum absolute atomic E-state index is 11.5. The lowest BCUT2D eigenvalue weighted by atomic mass is 10.3. The van der Waals surface area contributed by atoms with Gasteiger partial charge in [0.15, 0.2) is 6.29 Å². The molecule has 0 spiro atoms. The lowest BCUT2D eigenvalue weighted by Gasteiger charge is -2.15. The van der Waals surface area contributed by atoms with E-state index in [0.717, 1.165) is 0 Å². The first-order valence-corrected chi connectivity index (χ1v) is 6.31. The molecule has 8 heteroatoms. The van der Waals surface area contributed by atoms with E-state index in [1.165, 1.54) is 16.8 Å². The van der Waals surface area contributed by atoms with Crippen LogP contribution in [-0.2, 0) is 9.47 Å². The van der Waals surface area contributed by atoms with Gasteiger partial charge in [0.05, 0.1) is 6.35 Å². The highest BCUT2D eigenvalue weighted by Gasteiger charge is 2.27. The number of H-pyrrole nitrogens is 1. The quantitative estimate of drug-likeness (QED) is 0.727. The molecule has 17 heavy (non-hydrogen) atoms. The number of nitrogens with zero attached hydrogens (tertiary/aromatic N) is 1. The molecular weight excluding hydrogens is 247 g/mol. The summed E-state index contributed by atoms with van der Waals surface area (Å²) < 4.78 is 12.0. The van der Waals surface area contributed by atoms with Crippen molar-refractivity contribution in [3.8, 4) is 0 Å². The zero-order valence-corrected chi connectivity index (χ0v) is 9.96. The fourth-order valence-corrected chi connectivity index (χ4v) is 1.96. The number of nitrogens with one attached hydrogen (secondary N) is 1. The second kappa shape index (κ2) is 5.55. The van der Waals surface area contributed by atoms with Crippen LogP contribution in [0.1, 0.15) is 19.1 Å². The minimum Gasteiger partial charge on any atom is -0.375 e. The van der Waals surface area contributed by atoms with E-state index in [-0.39, 0.29) is 15.2 Å². The first kappa shape index (κ1) is 12.4. The Morgan fingerprint density at radius 1 is 1.59 bits per heavy atom. The Bertz CT molecular complexity index is 485. The van der Waals surface area contributed by atoms with Crippen LogP contribution in [0.4, 0.5) is 0 Å². The predicted molar refractivity (Wildman–Crippen MR) is 61.0 cm³/mol. The molecule has 0 saturated carbocycles. The largest absolute Gasteiger partial charge is 0.375 e. The summed E-state index contributed by atoms with van der Waals surface area (Å²) in [6.07, 6.45) is 2.09. The van der Waals surface area contributed by atoms with Gasteiger partial charge in [-0.2, -0.15) is 0 Å². The van der Waals surface area contributed by atoms with Crippen molar-refractivity contribution < 1.29 is 14.4 Å². The van der Waals surface area contributed by atoms with E-state index >= 15 is 0 Å². The van der Waals surface area contributed by atoms with Crippen LogP contribution >= 0.6 is 8.81 Å². The van der Waals surface area contributed by atoms with Crippen molar-refractivity contribution in [2.24, 2.45) is 0 Å². The number of rotatable bonds is 4. The van der Waals surface area contributed by atoms with Crippen LogP contribution in [0.2, 0.25) is 0 Å². The van der Waals surface area contributed by atoms with Gasteiger partial charge in [-0.3, -0.25) is 14.3 Å². The molecule has 1 aliphatic rings. The van der Waals surface area contributed by atoms with E-state index in [1.807, 2.05) is 0 Å². The molecule has 1 fully saturated rings. The van der Waals surface area contributed by atoms with Crippen molar-refractivity contribution in [2.45, 2.75) is 25.4 Å². The van der Waals surface area contributed by atoms with Gasteiger partial charge in [0, 0.05) is 27.5 Å². The van der Waals surface area contributed by atoms with Crippen LogP contribution in [0.5, 0.6) is 0 Å². The molecule has 2 rings (SSSR count). The van der Waals surface area contributed by atoms with Crippen LogP contribution in [0.3, 0.4) is 0 Å². The molecule has 0 radical (unpaired) electrons. The van der Waals surface area contributed by atoms with Crippen molar-refractivity contribution in [3.05, 3.63) is 33.1 Å². The minimum atomic E-state index is -0.493. The molecule has 94 valence electrons. The topological polar surface area (TPSA) is 93.5 Å². The summed E-state index contributed by atoms with van der Waals surface area (Å²) in [5.41, 5.74) is -0.925. The van der Waals surface area contributed by atoms with Crippen LogP contribution in [0.25, 0.3) is 0 Å². The molecular formula is C9H13N2O5P. The van der Waals surface area contributed by atoms with E-state index in [9.17, 15) is 9.59 Å². The lowest BCUT2D eigenvalue weighted by Crippen LogP contribution is -2.31. The number of aromatic amines is 1. The average molecular weight is 260 g/mol. The maximum atomic E-state index is 11.5. The Morgan fingerprint density at radius 3 is 3.12 bits per heavy atom. The molecule has 0 bridgehead atoms. The van der Waals surface area contributed by atoms with Crippen LogP contribution in [0.15, 0.2) is 21.9 Å². The third-order valence-electron chi connectivity index (χ3n) is 2.45. The summed E-state index contributed by atoms with van der Waals surface area (Å²) in [6.45, 7) is 0. The first-order valence-electron chi connectivity index (χ1n) is 5.16. The standard InChI is InChI=1S/C9H13N2O5P/c12-6-3-4-11(9(13)10-6)7-1-2-8(16-7)15-5-17-14/h3-4,7-8,14,17H,1-2,5H2,(H,10,12,13). The minimum absolute atomic E-state index is 0.234. The van der Waals surface area contributed by atoms with Gasteiger partial charge in [-0.15, -0.1) is 0 Å². The summed E-state index contributed by atoms with van der Waals surface area (Å²) in [4.78, 5) is 33.2. The van der Waals surface area contributed by atoms with Crippen LogP contribution < -0.4 is 11.2 Å². The molecule has 1 saturated heterocycles. The van der Waals surface area contributed by atoms with Crippen molar-refractivity contribution in [3.63, 3.8) is 0 Å². The predicted octanol–water partition coefficient (Wildman–Crippen LogP) is -0.268. The van der Waals surface area contributed by atoms with Crippen molar-refractivity contribution in [1.82, 2.24) is 9.55 Å². The summed E-state index contributed by atoms with van der Waals surface area (Å²) >= 11 is 0. The smallest absolute Gasteiger partial charge is 0.330 e. The third-order valence-corrected chi connectivity index (χ3v) is 2.75. The van der Waals surface area contributed by atoms with Gasteiger partial charge >= 0.3 is 5.69 Å². The van der Waals surface area contributed by atoms with E-state index in [2.05, 4.69) is 4.98 Å². The molecule has 7 nitrogen and oxygen atoms in total. The van der Waals surface area contributed by atoms with E-state index < -0.39 is 23.8 Å². The summed E-state index contributed by atoms with van der Waals surface area (Å²) in [6, 6.07) is 1.27. The molecule has 3 atom stereocenters. The SMILES string of the molecule is O=c1ccn(C2CCC(OCPO)O2)c(=O)[nH]1. The van der Waals surface area contributed by atoms with Crippen molar-refractivity contribution >= 4 is 8.81 Å². The second-order valence-corrected chi connectivity index (χ2v) is 4.19. The Hall–Kier alpha value is -1.01. The number of hydrogen-bond donors (Lipinski definition) is 2. The van der Waals surface area contributed by atoms with Gasteiger partial charge in [-0.1, -0.05) is 0 Å². The molecule has 3 unspecified atom stereocenters.